The monoisotopic (exact) mass is 363 g/mol. The third kappa shape index (κ3) is 5.25. The Balaban J connectivity index is 2.03. The lowest BCUT2D eigenvalue weighted by Gasteiger charge is -2.36. The van der Waals surface area contributed by atoms with Gasteiger partial charge in [-0.1, -0.05) is 25.1 Å². The lowest BCUT2D eigenvalue weighted by molar-refractivity contribution is -0.147. The molecule has 0 saturated carbocycles. The number of carbonyl (C=O) groups is 3. The number of thiocarbonyl (C=S) groups is 1. The molecule has 0 radical (unpaired) electrons. The van der Waals surface area contributed by atoms with Gasteiger partial charge in [0.1, 0.15) is 6.04 Å². The van der Waals surface area contributed by atoms with Gasteiger partial charge in [0, 0.05) is 18.7 Å². The van der Waals surface area contributed by atoms with Crippen LogP contribution in [0.25, 0.3) is 0 Å². The van der Waals surface area contributed by atoms with Crippen LogP contribution in [0, 0.1) is 0 Å². The van der Waals surface area contributed by atoms with Crippen LogP contribution >= 0.6 is 12.2 Å². The van der Waals surface area contributed by atoms with Crippen LogP contribution in [0.3, 0.4) is 0 Å². The molecular formula is C17H21N3O4S. The Bertz CT molecular complexity index is 651. The molecule has 2 rings (SSSR count). The number of nitrogens with zero attached hydrogens (tertiary/aromatic N) is 1. The number of rotatable bonds is 5. The minimum atomic E-state index is -0.790. The standard InChI is InChI=1S/C17H21N3O4S/c1-2-10-24-14(21)11-13-16(23)18-8-9-20(13)17(25)19-15(22)12-6-4-3-5-7-12/h3-7,13H,2,8-11H2,1H3,(H,18,23)(H,19,22,25)/t13-/m0/s1. The Hall–Kier alpha value is -2.48. The van der Waals surface area contributed by atoms with Crippen molar-refractivity contribution < 1.29 is 19.1 Å². The Morgan fingerprint density at radius 2 is 2.08 bits per heavy atom. The number of amides is 2. The third-order valence-electron chi connectivity index (χ3n) is 3.68. The first-order valence-electron chi connectivity index (χ1n) is 8.13. The van der Waals surface area contributed by atoms with E-state index in [1.54, 1.807) is 29.2 Å². The molecule has 1 aromatic carbocycles. The second kappa shape index (κ2) is 9.12. The van der Waals surface area contributed by atoms with Gasteiger partial charge in [-0.25, -0.2) is 0 Å². The zero-order valence-corrected chi connectivity index (χ0v) is 14.8. The minimum Gasteiger partial charge on any atom is -0.466 e. The van der Waals surface area contributed by atoms with E-state index >= 15 is 0 Å². The molecule has 25 heavy (non-hydrogen) atoms. The fourth-order valence-electron chi connectivity index (χ4n) is 2.42. The van der Waals surface area contributed by atoms with Crippen molar-refractivity contribution in [3.63, 3.8) is 0 Å². The smallest absolute Gasteiger partial charge is 0.308 e. The first-order chi connectivity index (χ1) is 12.0. The summed E-state index contributed by atoms with van der Waals surface area (Å²) in [4.78, 5) is 37.8. The average Bonchev–Trinajstić information content (AvgIpc) is 2.62. The van der Waals surface area contributed by atoms with Crippen LogP contribution in [0.4, 0.5) is 0 Å². The van der Waals surface area contributed by atoms with Crippen LogP contribution in [0.1, 0.15) is 30.1 Å². The van der Waals surface area contributed by atoms with Crippen LogP contribution in [0.15, 0.2) is 30.3 Å². The lowest BCUT2D eigenvalue weighted by Crippen LogP contribution is -2.60. The number of hydrogen-bond donors (Lipinski definition) is 2. The van der Waals surface area contributed by atoms with Gasteiger partial charge in [-0.05, 0) is 30.8 Å². The number of ether oxygens (including phenoxy) is 1. The molecule has 1 saturated heterocycles. The normalized spacial score (nSPS) is 16.8. The third-order valence-corrected chi connectivity index (χ3v) is 4.01. The molecule has 1 aromatic rings. The highest BCUT2D eigenvalue weighted by Gasteiger charge is 2.34. The second-order valence-corrected chi connectivity index (χ2v) is 5.94. The van der Waals surface area contributed by atoms with E-state index in [2.05, 4.69) is 10.6 Å². The zero-order valence-electron chi connectivity index (χ0n) is 14.0. The molecule has 2 amide bonds. The number of piperazine rings is 1. The van der Waals surface area contributed by atoms with Crippen molar-refractivity contribution in [2.45, 2.75) is 25.8 Å². The highest BCUT2D eigenvalue weighted by atomic mass is 32.1. The minimum absolute atomic E-state index is 0.118. The molecule has 1 heterocycles. The molecule has 0 bridgehead atoms. The molecule has 1 aliphatic rings. The van der Waals surface area contributed by atoms with Gasteiger partial charge in [0.15, 0.2) is 5.11 Å². The molecule has 8 heteroatoms. The summed E-state index contributed by atoms with van der Waals surface area (Å²) < 4.78 is 5.04. The van der Waals surface area contributed by atoms with Gasteiger partial charge in [0.25, 0.3) is 5.91 Å². The summed E-state index contributed by atoms with van der Waals surface area (Å²) in [5.74, 6) is -1.13. The van der Waals surface area contributed by atoms with Crippen molar-refractivity contribution >= 4 is 35.1 Å². The fourth-order valence-corrected chi connectivity index (χ4v) is 2.74. The lowest BCUT2D eigenvalue weighted by atomic mass is 10.1. The average molecular weight is 363 g/mol. The van der Waals surface area contributed by atoms with E-state index in [9.17, 15) is 14.4 Å². The quantitative estimate of drug-likeness (QED) is 0.596. The van der Waals surface area contributed by atoms with Gasteiger partial charge in [0.2, 0.25) is 5.91 Å². The molecule has 2 N–H and O–H groups in total. The second-order valence-electron chi connectivity index (χ2n) is 5.55. The predicted molar refractivity (Wildman–Crippen MR) is 95.9 cm³/mol. The van der Waals surface area contributed by atoms with Crippen LogP contribution in [-0.2, 0) is 14.3 Å². The topological polar surface area (TPSA) is 87.7 Å². The molecule has 0 spiro atoms. The summed E-state index contributed by atoms with van der Waals surface area (Å²) in [6.07, 6.45) is 0.588. The highest BCUT2D eigenvalue weighted by Crippen LogP contribution is 2.11. The molecule has 0 aromatic heterocycles. The van der Waals surface area contributed by atoms with Crippen molar-refractivity contribution in [1.82, 2.24) is 15.5 Å². The number of hydrogen-bond acceptors (Lipinski definition) is 5. The molecule has 134 valence electrons. The molecular weight excluding hydrogens is 342 g/mol. The highest BCUT2D eigenvalue weighted by molar-refractivity contribution is 7.80. The number of esters is 1. The van der Waals surface area contributed by atoms with Gasteiger partial charge in [-0.2, -0.15) is 0 Å². The SMILES string of the molecule is CCCOC(=O)C[C@H]1C(=O)NCCN1C(=S)NC(=O)c1ccccc1. The van der Waals surface area contributed by atoms with Crippen molar-refractivity contribution in [2.75, 3.05) is 19.7 Å². The largest absolute Gasteiger partial charge is 0.466 e. The van der Waals surface area contributed by atoms with Gasteiger partial charge in [0.05, 0.1) is 13.0 Å². The summed E-state index contributed by atoms with van der Waals surface area (Å²) in [7, 11) is 0. The Labute approximate surface area is 151 Å². The number of benzene rings is 1. The summed E-state index contributed by atoms with van der Waals surface area (Å²) in [5, 5.41) is 5.44. The maximum Gasteiger partial charge on any atom is 0.308 e. The van der Waals surface area contributed by atoms with E-state index in [1.807, 2.05) is 13.0 Å². The predicted octanol–water partition coefficient (Wildman–Crippen LogP) is 0.845. The zero-order chi connectivity index (χ0) is 18.2. The maximum atomic E-state index is 12.2. The molecule has 1 aliphatic heterocycles. The Kier molecular flexibility index (Phi) is 6.88. The first kappa shape index (κ1) is 18.9. The van der Waals surface area contributed by atoms with Crippen LogP contribution in [0.2, 0.25) is 0 Å². The van der Waals surface area contributed by atoms with Crippen molar-refractivity contribution in [2.24, 2.45) is 0 Å². The van der Waals surface area contributed by atoms with E-state index in [0.717, 1.165) is 0 Å². The molecule has 0 unspecified atom stereocenters. The molecule has 0 aliphatic carbocycles. The van der Waals surface area contributed by atoms with Crippen LogP contribution < -0.4 is 10.6 Å². The van der Waals surface area contributed by atoms with Crippen molar-refractivity contribution in [1.29, 1.82) is 0 Å². The van der Waals surface area contributed by atoms with Crippen LogP contribution in [0.5, 0.6) is 0 Å². The van der Waals surface area contributed by atoms with E-state index in [1.165, 1.54) is 0 Å². The number of carbonyl (C=O) groups excluding carboxylic acids is 3. The van der Waals surface area contributed by atoms with Gasteiger partial charge in [-0.15, -0.1) is 0 Å². The summed E-state index contributed by atoms with van der Waals surface area (Å²) in [6.45, 7) is 3.00. The summed E-state index contributed by atoms with van der Waals surface area (Å²) in [6, 6.07) is 7.85. The van der Waals surface area contributed by atoms with Crippen molar-refractivity contribution in [3.8, 4) is 0 Å². The van der Waals surface area contributed by atoms with E-state index < -0.39 is 12.0 Å². The number of nitrogens with one attached hydrogen (secondary N) is 2. The summed E-state index contributed by atoms with van der Waals surface area (Å²) in [5.41, 5.74) is 0.463. The molecule has 1 fully saturated rings. The van der Waals surface area contributed by atoms with E-state index in [4.69, 9.17) is 17.0 Å². The summed E-state index contributed by atoms with van der Waals surface area (Å²) >= 11 is 5.28. The van der Waals surface area contributed by atoms with Gasteiger partial charge < -0.3 is 15.0 Å². The Morgan fingerprint density at radius 1 is 1.36 bits per heavy atom. The van der Waals surface area contributed by atoms with Crippen molar-refractivity contribution in [3.05, 3.63) is 35.9 Å². The van der Waals surface area contributed by atoms with Crippen LogP contribution in [-0.4, -0.2) is 53.5 Å². The Morgan fingerprint density at radius 3 is 2.76 bits per heavy atom. The maximum absolute atomic E-state index is 12.2. The van der Waals surface area contributed by atoms with Gasteiger partial charge >= 0.3 is 5.97 Å². The van der Waals surface area contributed by atoms with E-state index in [0.29, 0.717) is 31.7 Å². The fraction of sp³-hybridized carbons (Fsp3) is 0.412. The van der Waals surface area contributed by atoms with Gasteiger partial charge in [-0.3, -0.25) is 19.7 Å². The van der Waals surface area contributed by atoms with E-state index in [-0.39, 0.29) is 23.3 Å². The molecule has 1 atom stereocenters. The molecule has 7 nitrogen and oxygen atoms in total. The first-order valence-corrected chi connectivity index (χ1v) is 8.54.